The van der Waals surface area contributed by atoms with Crippen LogP contribution in [0, 0.1) is 0 Å². The van der Waals surface area contributed by atoms with Crippen LogP contribution < -0.4 is 16.8 Å². The third-order valence-corrected chi connectivity index (χ3v) is 2.81. The molecular formula is C10H17N5. The van der Waals surface area contributed by atoms with Crippen LogP contribution >= 0.6 is 0 Å². The Bertz CT molecular complexity index is 386. The average molecular weight is 207 g/mol. The molecule has 0 atom stereocenters. The van der Waals surface area contributed by atoms with Crippen LogP contribution in [0.15, 0.2) is 0 Å². The minimum atomic E-state index is -0.0381. The zero-order valence-electron chi connectivity index (χ0n) is 9.17. The molecular weight excluding hydrogens is 190 g/mol. The van der Waals surface area contributed by atoms with Crippen molar-refractivity contribution in [3.63, 3.8) is 0 Å². The maximum atomic E-state index is 5.93. The maximum absolute atomic E-state index is 5.93. The van der Waals surface area contributed by atoms with Gasteiger partial charge < -0.3 is 16.8 Å². The summed E-state index contributed by atoms with van der Waals surface area (Å²) in [5, 5.41) is 3.37. The molecule has 0 unspecified atom stereocenters. The number of hydrogen-bond donors (Lipinski definition) is 3. The minimum absolute atomic E-state index is 0.0381. The summed E-state index contributed by atoms with van der Waals surface area (Å²) in [6.45, 7) is 6.07. The van der Waals surface area contributed by atoms with Crippen LogP contribution in [0.5, 0.6) is 0 Å². The highest BCUT2D eigenvalue weighted by Crippen LogP contribution is 2.31. The fraction of sp³-hybridized carbons (Fsp3) is 0.600. The molecule has 0 aromatic carbocycles. The van der Waals surface area contributed by atoms with E-state index in [-0.39, 0.29) is 11.4 Å². The van der Waals surface area contributed by atoms with E-state index in [1.807, 2.05) is 0 Å². The highest BCUT2D eigenvalue weighted by Gasteiger charge is 2.29. The number of nitrogen functional groups attached to an aromatic ring is 2. The topological polar surface area (TPSA) is 89.8 Å². The van der Waals surface area contributed by atoms with Gasteiger partial charge in [0.05, 0.1) is 5.69 Å². The molecule has 1 aromatic heterocycles. The Labute approximate surface area is 89.3 Å². The predicted octanol–water partition coefficient (Wildman–Crippen LogP) is 0.0643. The number of rotatable bonds is 0. The number of fused-ring (bicyclic) bond motifs is 1. The van der Waals surface area contributed by atoms with E-state index in [0.717, 1.165) is 30.8 Å². The molecule has 2 rings (SSSR count). The standard InChI is InChI=1S/C10H17N5/c1-10(2)5-13-4-3-6-7(10)8(11)15-9(12)14-6/h13H,3-5H2,1-2H3,(H4,11,12,14,15). The number of nitrogens with zero attached hydrogens (tertiary/aromatic N) is 2. The molecule has 5 nitrogen and oxygen atoms in total. The van der Waals surface area contributed by atoms with Crippen molar-refractivity contribution in [1.29, 1.82) is 0 Å². The van der Waals surface area contributed by atoms with Crippen LogP contribution in [0.1, 0.15) is 25.1 Å². The van der Waals surface area contributed by atoms with Gasteiger partial charge in [-0.1, -0.05) is 13.8 Å². The van der Waals surface area contributed by atoms with E-state index in [1.54, 1.807) is 0 Å². The van der Waals surface area contributed by atoms with Crippen LogP contribution in [0.25, 0.3) is 0 Å². The molecule has 82 valence electrons. The van der Waals surface area contributed by atoms with Gasteiger partial charge in [-0.2, -0.15) is 4.98 Å². The van der Waals surface area contributed by atoms with Crippen molar-refractivity contribution >= 4 is 11.8 Å². The van der Waals surface area contributed by atoms with Crippen molar-refractivity contribution in [3.8, 4) is 0 Å². The van der Waals surface area contributed by atoms with Gasteiger partial charge in [0.25, 0.3) is 0 Å². The first-order valence-electron chi connectivity index (χ1n) is 5.14. The van der Waals surface area contributed by atoms with Crippen LogP contribution in [0.3, 0.4) is 0 Å². The third-order valence-electron chi connectivity index (χ3n) is 2.81. The lowest BCUT2D eigenvalue weighted by atomic mass is 9.84. The van der Waals surface area contributed by atoms with E-state index >= 15 is 0 Å². The number of nitrogens with one attached hydrogen (secondary N) is 1. The number of anilines is 2. The van der Waals surface area contributed by atoms with E-state index in [9.17, 15) is 0 Å². The van der Waals surface area contributed by atoms with Gasteiger partial charge >= 0.3 is 0 Å². The summed E-state index contributed by atoms with van der Waals surface area (Å²) in [5.41, 5.74) is 13.5. The molecule has 1 aliphatic heterocycles. The minimum Gasteiger partial charge on any atom is -0.383 e. The van der Waals surface area contributed by atoms with Gasteiger partial charge in [-0.15, -0.1) is 0 Å². The molecule has 15 heavy (non-hydrogen) atoms. The van der Waals surface area contributed by atoms with Gasteiger partial charge in [0.2, 0.25) is 5.95 Å². The molecule has 1 aromatic rings. The maximum Gasteiger partial charge on any atom is 0.222 e. The second-order valence-electron chi connectivity index (χ2n) is 4.60. The van der Waals surface area contributed by atoms with Crippen molar-refractivity contribution in [2.45, 2.75) is 25.7 Å². The first kappa shape index (κ1) is 10.2. The van der Waals surface area contributed by atoms with E-state index < -0.39 is 0 Å². The summed E-state index contributed by atoms with van der Waals surface area (Å²) < 4.78 is 0. The fourth-order valence-electron chi connectivity index (χ4n) is 2.16. The van der Waals surface area contributed by atoms with Crippen LogP contribution in [-0.4, -0.2) is 23.1 Å². The van der Waals surface area contributed by atoms with E-state index in [4.69, 9.17) is 11.5 Å². The molecule has 5 N–H and O–H groups in total. The number of nitrogens with two attached hydrogens (primary N) is 2. The second-order valence-corrected chi connectivity index (χ2v) is 4.60. The molecule has 0 aliphatic carbocycles. The Morgan fingerprint density at radius 1 is 1.27 bits per heavy atom. The molecule has 5 heteroatoms. The molecule has 0 spiro atoms. The van der Waals surface area contributed by atoms with Crippen LogP contribution in [0.2, 0.25) is 0 Å². The Balaban J connectivity index is 2.61. The molecule has 2 heterocycles. The third kappa shape index (κ3) is 1.74. The van der Waals surface area contributed by atoms with Crippen molar-refractivity contribution in [2.75, 3.05) is 24.6 Å². The molecule has 0 radical (unpaired) electrons. The second kappa shape index (κ2) is 3.34. The van der Waals surface area contributed by atoms with Gasteiger partial charge in [0, 0.05) is 30.5 Å². The van der Waals surface area contributed by atoms with Gasteiger partial charge in [-0.3, -0.25) is 0 Å². The van der Waals surface area contributed by atoms with Gasteiger partial charge in [-0.25, -0.2) is 4.98 Å². The monoisotopic (exact) mass is 207 g/mol. The molecule has 0 saturated heterocycles. The van der Waals surface area contributed by atoms with Gasteiger partial charge in [-0.05, 0) is 0 Å². The lowest BCUT2D eigenvalue weighted by molar-refractivity contribution is 0.488. The van der Waals surface area contributed by atoms with Crippen molar-refractivity contribution in [2.24, 2.45) is 0 Å². The highest BCUT2D eigenvalue weighted by atomic mass is 15.0. The summed E-state index contributed by atoms with van der Waals surface area (Å²) >= 11 is 0. The lowest BCUT2D eigenvalue weighted by Crippen LogP contribution is -2.32. The number of aromatic nitrogens is 2. The lowest BCUT2D eigenvalue weighted by Gasteiger charge is -2.25. The number of hydrogen-bond acceptors (Lipinski definition) is 5. The Hall–Kier alpha value is -1.36. The SMILES string of the molecule is CC1(C)CNCCc2nc(N)nc(N)c21. The fourth-order valence-corrected chi connectivity index (χ4v) is 2.16. The van der Waals surface area contributed by atoms with E-state index in [1.165, 1.54) is 0 Å². The van der Waals surface area contributed by atoms with Crippen molar-refractivity contribution in [3.05, 3.63) is 11.3 Å². The highest BCUT2D eigenvalue weighted by molar-refractivity contribution is 5.50. The summed E-state index contributed by atoms with van der Waals surface area (Å²) in [6.07, 6.45) is 0.857. The largest absolute Gasteiger partial charge is 0.383 e. The summed E-state index contributed by atoms with van der Waals surface area (Å²) in [4.78, 5) is 8.32. The van der Waals surface area contributed by atoms with Crippen molar-refractivity contribution in [1.82, 2.24) is 15.3 Å². The first-order chi connectivity index (χ1) is 7.00. The Morgan fingerprint density at radius 3 is 2.73 bits per heavy atom. The quantitative estimate of drug-likeness (QED) is 0.560. The normalized spacial score (nSPS) is 19.3. The Morgan fingerprint density at radius 2 is 2.00 bits per heavy atom. The van der Waals surface area contributed by atoms with Gasteiger partial charge in [0.15, 0.2) is 0 Å². The van der Waals surface area contributed by atoms with Crippen LogP contribution in [0.4, 0.5) is 11.8 Å². The van der Waals surface area contributed by atoms with Gasteiger partial charge in [0.1, 0.15) is 5.82 Å². The van der Waals surface area contributed by atoms with E-state index in [2.05, 4.69) is 29.1 Å². The van der Waals surface area contributed by atoms with E-state index in [0.29, 0.717) is 5.82 Å². The van der Waals surface area contributed by atoms with Crippen molar-refractivity contribution < 1.29 is 0 Å². The summed E-state index contributed by atoms with van der Waals surface area (Å²) in [5.74, 6) is 0.787. The van der Waals surface area contributed by atoms with Crippen LogP contribution in [-0.2, 0) is 11.8 Å². The summed E-state index contributed by atoms with van der Waals surface area (Å²) in [7, 11) is 0. The smallest absolute Gasteiger partial charge is 0.222 e. The molecule has 1 aliphatic rings. The average Bonchev–Trinajstić information content (AvgIpc) is 2.23. The molecule has 0 fully saturated rings. The Kier molecular flexibility index (Phi) is 2.26. The molecule has 0 saturated carbocycles. The first-order valence-corrected chi connectivity index (χ1v) is 5.14. The zero-order valence-corrected chi connectivity index (χ0v) is 9.17. The zero-order chi connectivity index (χ0) is 11.1. The summed E-state index contributed by atoms with van der Waals surface area (Å²) in [6, 6.07) is 0. The molecule has 0 amide bonds. The predicted molar refractivity (Wildman–Crippen MR) is 60.5 cm³/mol. The molecule has 0 bridgehead atoms.